The summed E-state index contributed by atoms with van der Waals surface area (Å²) >= 11 is 0. The van der Waals surface area contributed by atoms with E-state index in [0.717, 1.165) is 29.1 Å². The topological polar surface area (TPSA) is 87.7 Å². The van der Waals surface area contributed by atoms with Crippen LogP contribution in [0.3, 0.4) is 0 Å². The molecule has 0 spiro atoms. The number of hydrogen-bond donors (Lipinski definition) is 2. The normalized spacial score (nSPS) is 18.3. The van der Waals surface area contributed by atoms with E-state index in [-0.39, 0.29) is 6.54 Å². The zero-order chi connectivity index (χ0) is 21.7. The molecule has 0 bridgehead atoms. The second kappa shape index (κ2) is 8.98. The van der Waals surface area contributed by atoms with Crippen LogP contribution in [0.25, 0.3) is 0 Å². The molecule has 1 atom stereocenters. The van der Waals surface area contributed by atoms with E-state index in [0.29, 0.717) is 12.1 Å². The molecule has 1 saturated heterocycles. The third kappa shape index (κ3) is 4.45. The third-order valence-electron chi connectivity index (χ3n) is 5.30. The highest BCUT2D eigenvalue weighted by atomic mass is 16.5. The van der Waals surface area contributed by atoms with Gasteiger partial charge >= 0.3 is 6.03 Å². The van der Waals surface area contributed by atoms with E-state index in [1.807, 2.05) is 36.4 Å². The molecule has 0 radical (unpaired) electrons. The van der Waals surface area contributed by atoms with Gasteiger partial charge in [0.05, 0.1) is 7.11 Å². The third-order valence-corrected chi connectivity index (χ3v) is 5.30. The monoisotopic (exact) mass is 409 g/mol. The van der Waals surface area contributed by atoms with Gasteiger partial charge in [0.1, 0.15) is 17.8 Å². The van der Waals surface area contributed by atoms with E-state index in [2.05, 4.69) is 17.6 Å². The van der Waals surface area contributed by atoms with Crippen LogP contribution in [0, 0.1) is 0 Å². The number of aryl methyl sites for hydroxylation is 1. The number of urea groups is 1. The van der Waals surface area contributed by atoms with Crippen molar-refractivity contribution in [3.8, 4) is 5.75 Å². The molecule has 4 amide bonds. The Morgan fingerprint density at radius 1 is 1.07 bits per heavy atom. The first-order valence-corrected chi connectivity index (χ1v) is 10.0. The number of imide groups is 1. The minimum absolute atomic E-state index is 0.294. The lowest BCUT2D eigenvalue weighted by atomic mass is 9.91. The van der Waals surface area contributed by atoms with Gasteiger partial charge in [0.25, 0.3) is 5.91 Å². The summed E-state index contributed by atoms with van der Waals surface area (Å²) in [6.07, 6.45) is 1.99. The van der Waals surface area contributed by atoms with Crippen LogP contribution >= 0.6 is 0 Å². The molecule has 2 N–H and O–H groups in total. The SMILES string of the molecule is CCCc1ccc([C@]2(C)NC(=O)N(CC(=O)NCc3ccc(OC)cc3)C2=O)cc1. The first kappa shape index (κ1) is 21.4. The zero-order valence-electron chi connectivity index (χ0n) is 17.5. The van der Waals surface area contributed by atoms with Gasteiger partial charge in [-0.25, -0.2) is 4.79 Å². The van der Waals surface area contributed by atoms with Gasteiger partial charge in [-0.15, -0.1) is 0 Å². The zero-order valence-corrected chi connectivity index (χ0v) is 17.5. The van der Waals surface area contributed by atoms with Gasteiger partial charge in [0, 0.05) is 6.54 Å². The summed E-state index contributed by atoms with van der Waals surface area (Å²) in [5.74, 6) is -0.112. The molecule has 7 nitrogen and oxygen atoms in total. The lowest BCUT2D eigenvalue weighted by molar-refractivity contribution is -0.134. The molecule has 3 rings (SSSR count). The molecule has 2 aromatic rings. The fourth-order valence-corrected chi connectivity index (χ4v) is 3.47. The maximum atomic E-state index is 13.0. The average molecular weight is 409 g/mol. The number of carbonyl (C=O) groups excluding carboxylic acids is 3. The fourth-order valence-electron chi connectivity index (χ4n) is 3.47. The average Bonchev–Trinajstić information content (AvgIpc) is 2.97. The number of nitrogens with one attached hydrogen (secondary N) is 2. The molecule has 1 heterocycles. The van der Waals surface area contributed by atoms with Crippen LogP contribution in [0.4, 0.5) is 4.79 Å². The summed E-state index contributed by atoms with van der Waals surface area (Å²) in [5, 5.41) is 5.47. The smallest absolute Gasteiger partial charge is 0.325 e. The molecule has 0 aliphatic carbocycles. The molecule has 2 aromatic carbocycles. The van der Waals surface area contributed by atoms with Crippen LogP contribution in [0.15, 0.2) is 48.5 Å². The molecule has 30 heavy (non-hydrogen) atoms. The van der Waals surface area contributed by atoms with Crippen molar-refractivity contribution in [1.82, 2.24) is 15.5 Å². The maximum Gasteiger partial charge on any atom is 0.325 e. The predicted molar refractivity (Wildman–Crippen MR) is 113 cm³/mol. The van der Waals surface area contributed by atoms with Crippen molar-refractivity contribution in [2.75, 3.05) is 13.7 Å². The van der Waals surface area contributed by atoms with Crippen molar-refractivity contribution in [1.29, 1.82) is 0 Å². The van der Waals surface area contributed by atoms with E-state index < -0.39 is 23.4 Å². The summed E-state index contributed by atoms with van der Waals surface area (Å²) in [6.45, 7) is 3.73. The molecular weight excluding hydrogens is 382 g/mol. The molecular formula is C23H27N3O4. The molecule has 1 aliphatic heterocycles. The van der Waals surface area contributed by atoms with Gasteiger partial charge in [0.2, 0.25) is 5.91 Å². The quantitative estimate of drug-likeness (QED) is 0.657. The highest BCUT2D eigenvalue weighted by molar-refractivity contribution is 6.09. The first-order valence-electron chi connectivity index (χ1n) is 10.0. The summed E-state index contributed by atoms with van der Waals surface area (Å²) < 4.78 is 5.11. The van der Waals surface area contributed by atoms with E-state index in [1.165, 1.54) is 5.56 Å². The van der Waals surface area contributed by atoms with Crippen LogP contribution in [-0.2, 0) is 28.1 Å². The Bertz CT molecular complexity index is 924. The highest BCUT2D eigenvalue weighted by Crippen LogP contribution is 2.29. The molecule has 0 unspecified atom stereocenters. The molecule has 0 aromatic heterocycles. The fraction of sp³-hybridized carbons (Fsp3) is 0.348. The Balaban J connectivity index is 1.62. The highest BCUT2D eigenvalue weighted by Gasteiger charge is 2.49. The van der Waals surface area contributed by atoms with Gasteiger partial charge < -0.3 is 15.4 Å². The minimum atomic E-state index is -1.18. The van der Waals surface area contributed by atoms with Crippen molar-refractivity contribution in [2.45, 2.75) is 38.8 Å². The Kier molecular flexibility index (Phi) is 6.40. The number of hydrogen-bond acceptors (Lipinski definition) is 4. The second-order valence-corrected chi connectivity index (χ2v) is 7.52. The van der Waals surface area contributed by atoms with Crippen LogP contribution in [0.2, 0.25) is 0 Å². The second-order valence-electron chi connectivity index (χ2n) is 7.52. The number of amides is 4. The van der Waals surface area contributed by atoms with Crippen LogP contribution in [0.5, 0.6) is 5.75 Å². The van der Waals surface area contributed by atoms with Crippen molar-refractivity contribution >= 4 is 17.8 Å². The summed E-state index contributed by atoms with van der Waals surface area (Å²) in [7, 11) is 1.59. The Labute approximate surface area is 176 Å². The van der Waals surface area contributed by atoms with Crippen LogP contribution < -0.4 is 15.4 Å². The van der Waals surface area contributed by atoms with Crippen molar-refractivity contribution in [2.24, 2.45) is 0 Å². The number of ether oxygens (including phenoxy) is 1. The Morgan fingerprint density at radius 3 is 2.30 bits per heavy atom. The number of nitrogens with zero attached hydrogens (tertiary/aromatic N) is 1. The van der Waals surface area contributed by atoms with Crippen molar-refractivity contribution in [3.05, 3.63) is 65.2 Å². The van der Waals surface area contributed by atoms with Crippen LogP contribution in [0.1, 0.15) is 37.0 Å². The molecule has 1 aliphatic rings. The number of methoxy groups -OCH3 is 1. The van der Waals surface area contributed by atoms with E-state index >= 15 is 0 Å². The predicted octanol–water partition coefficient (Wildman–Crippen LogP) is 2.73. The van der Waals surface area contributed by atoms with E-state index in [9.17, 15) is 14.4 Å². The Hall–Kier alpha value is -3.35. The molecule has 1 fully saturated rings. The van der Waals surface area contributed by atoms with Gasteiger partial charge in [-0.2, -0.15) is 0 Å². The minimum Gasteiger partial charge on any atom is -0.497 e. The molecule has 158 valence electrons. The van der Waals surface area contributed by atoms with Crippen molar-refractivity contribution in [3.63, 3.8) is 0 Å². The van der Waals surface area contributed by atoms with Gasteiger partial charge in [-0.05, 0) is 42.2 Å². The van der Waals surface area contributed by atoms with Crippen LogP contribution in [-0.4, -0.2) is 36.4 Å². The summed E-state index contributed by atoms with van der Waals surface area (Å²) in [4.78, 5) is 38.7. The van der Waals surface area contributed by atoms with Crippen molar-refractivity contribution < 1.29 is 19.1 Å². The summed E-state index contributed by atoms with van der Waals surface area (Å²) in [6, 6.07) is 14.4. The number of benzene rings is 2. The largest absolute Gasteiger partial charge is 0.497 e. The first-order chi connectivity index (χ1) is 14.4. The molecule has 0 saturated carbocycles. The molecule has 7 heteroatoms. The van der Waals surface area contributed by atoms with E-state index in [4.69, 9.17) is 4.74 Å². The van der Waals surface area contributed by atoms with Gasteiger partial charge in [-0.3, -0.25) is 14.5 Å². The van der Waals surface area contributed by atoms with Gasteiger partial charge in [0.15, 0.2) is 0 Å². The number of carbonyl (C=O) groups is 3. The van der Waals surface area contributed by atoms with Gasteiger partial charge in [-0.1, -0.05) is 49.7 Å². The lowest BCUT2D eigenvalue weighted by Crippen LogP contribution is -2.43. The maximum absolute atomic E-state index is 13.0. The van der Waals surface area contributed by atoms with E-state index in [1.54, 1.807) is 26.2 Å². The lowest BCUT2D eigenvalue weighted by Gasteiger charge is -2.22. The standard InChI is InChI=1S/C23H27N3O4/c1-4-5-16-6-10-18(11-7-16)23(2)21(28)26(22(29)25-23)15-20(27)24-14-17-8-12-19(30-3)13-9-17/h6-13H,4-5,14-15H2,1-3H3,(H,24,27)(H,25,29)/t23-/m0/s1. The number of rotatable bonds is 8. The summed E-state index contributed by atoms with van der Waals surface area (Å²) in [5.41, 5.74) is 1.58. The Morgan fingerprint density at radius 2 is 1.70 bits per heavy atom.